The molecule has 2 aliphatic heterocycles. The van der Waals surface area contributed by atoms with E-state index < -0.39 is 29.8 Å². The van der Waals surface area contributed by atoms with Crippen molar-refractivity contribution in [3.63, 3.8) is 0 Å². The summed E-state index contributed by atoms with van der Waals surface area (Å²) in [7, 11) is 2.99. The number of hydrogen-bond donors (Lipinski definition) is 0. The number of imide groups is 1. The maximum atomic E-state index is 13.8. The van der Waals surface area contributed by atoms with E-state index in [-0.39, 0.29) is 31.2 Å². The molecule has 0 aromatic heterocycles. The standard InChI is InChI=1S/C26H17BrCl4N2O5/c1-10-8-11(4-6-14(10)27)32-22(13-9-12(37-2)5-7-15(13)38-3)23(26(32)36)33-24(34)16-17(25(33)35)19(29)21(31)20(30)18(16)28/h4-9,22-23H,1-3H3/t22-,23-/m0/s1. The molecule has 0 saturated carbocycles. The summed E-state index contributed by atoms with van der Waals surface area (Å²) in [5, 5.41) is -0.727. The summed E-state index contributed by atoms with van der Waals surface area (Å²) in [6, 6.07) is 8.45. The predicted molar refractivity (Wildman–Crippen MR) is 149 cm³/mol. The molecule has 1 fully saturated rings. The molecule has 0 aliphatic carbocycles. The second kappa shape index (κ2) is 9.92. The van der Waals surface area contributed by atoms with Gasteiger partial charge in [0.25, 0.3) is 17.7 Å². The monoisotopic (exact) mass is 656 g/mol. The quantitative estimate of drug-likeness (QED) is 0.126. The number of carbonyl (C=O) groups is 3. The van der Waals surface area contributed by atoms with E-state index >= 15 is 0 Å². The fourth-order valence-electron chi connectivity index (χ4n) is 4.79. The van der Waals surface area contributed by atoms with Crippen molar-refractivity contribution in [2.45, 2.75) is 19.0 Å². The third-order valence-electron chi connectivity index (χ3n) is 6.65. The average Bonchev–Trinajstić information content (AvgIpc) is 3.16. The highest BCUT2D eigenvalue weighted by molar-refractivity contribution is 9.10. The Labute approximate surface area is 246 Å². The predicted octanol–water partition coefficient (Wildman–Crippen LogP) is 7.14. The molecule has 5 rings (SSSR count). The molecule has 2 aliphatic rings. The molecule has 0 radical (unpaired) electrons. The van der Waals surface area contributed by atoms with E-state index in [1.54, 1.807) is 24.3 Å². The fourth-order valence-corrected chi connectivity index (χ4v) is 6.05. The smallest absolute Gasteiger partial charge is 0.264 e. The molecule has 0 N–H and O–H groups in total. The summed E-state index contributed by atoms with van der Waals surface area (Å²) < 4.78 is 11.9. The number of halogens is 5. The Bertz CT molecular complexity index is 1520. The highest BCUT2D eigenvalue weighted by atomic mass is 79.9. The van der Waals surface area contributed by atoms with Gasteiger partial charge in [-0.05, 0) is 48.9 Å². The first-order valence-corrected chi connectivity index (χ1v) is 13.4. The number of rotatable bonds is 5. The van der Waals surface area contributed by atoms with Crippen molar-refractivity contribution in [3.05, 3.63) is 83.2 Å². The van der Waals surface area contributed by atoms with Gasteiger partial charge in [0.2, 0.25) is 0 Å². The summed E-state index contributed by atoms with van der Waals surface area (Å²) >= 11 is 28.5. The summed E-state index contributed by atoms with van der Waals surface area (Å²) in [6.07, 6.45) is 0. The van der Waals surface area contributed by atoms with Gasteiger partial charge in [-0.2, -0.15) is 0 Å². The van der Waals surface area contributed by atoms with Gasteiger partial charge in [0.05, 0.1) is 51.5 Å². The van der Waals surface area contributed by atoms with Gasteiger partial charge in [0, 0.05) is 15.7 Å². The van der Waals surface area contributed by atoms with Crippen molar-refractivity contribution in [2.75, 3.05) is 19.1 Å². The van der Waals surface area contributed by atoms with Gasteiger partial charge >= 0.3 is 0 Å². The topological polar surface area (TPSA) is 76.1 Å². The molecule has 1 saturated heterocycles. The average molecular weight is 659 g/mol. The molecule has 3 aromatic rings. The zero-order chi connectivity index (χ0) is 27.6. The zero-order valence-electron chi connectivity index (χ0n) is 19.9. The Morgan fingerprint density at radius 2 is 1.37 bits per heavy atom. The number of β-lactam (4-membered cyclic amide) rings is 1. The molecule has 2 atom stereocenters. The van der Waals surface area contributed by atoms with Crippen molar-refractivity contribution in [1.29, 1.82) is 0 Å². The van der Waals surface area contributed by atoms with Crippen LogP contribution < -0.4 is 14.4 Å². The number of fused-ring (bicyclic) bond motifs is 1. The lowest BCUT2D eigenvalue weighted by atomic mass is 9.85. The SMILES string of the molecule is COc1ccc(OC)c([C@H]2[C@H](N3C(=O)c4c(Cl)c(Cl)c(Cl)c(Cl)c4C3=O)C(=O)N2c2ccc(Br)c(C)c2)c1. The molecule has 3 aromatic carbocycles. The van der Waals surface area contributed by atoms with Crippen LogP contribution in [-0.2, 0) is 4.79 Å². The lowest BCUT2D eigenvalue weighted by molar-refractivity contribution is -0.130. The van der Waals surface area contributed by atoms with Crippen molar-refractivity contribution in [2.24, 2.45) is 0 Å². The van der Waals surface area contributed by atoms with E-state index in [0.717, 1.165) is 14.9 Å². The number of ether oxygens (including phenoxy) is 2. The van der Waals surface area contributed by atoms with E-state index in [4.69, 9.17) is 55.9 Å². The van der Waals surface area contributed by atoms with Gasteiger partial charge in [-0.3, -0.25) is 19.3 Å². The first kappa shape index (κ1) is 27.1. The summed E-state index contributed by atoms with van der Waals surface area (Å²) in [5.41, 5.74) is 1.59. The number of amides is 3. The lowest BCUT2D eigenvalue weighted by Crippen LogP contribution is -2.67. The minimum absolute atomic E-state index is 0.155. The van der Waals surface area contributed by atoms with Crippen LogP contribution in [0, 0.1) is 6.92 Å². The van der Waals surface area contributed by atoms with Crippen LogP contribution >= 0.6 is 62.3 Å². The van der Waals surface area contributed by atoms with Crippen molar-refractivity contribution < 1.29 is 23.9 Å². The summed E-state index contributed by atoms with van der Waals surface area (Å²) in [4.78, 5) is 43.5. The van der Waals surface area contributed by atoms with E-state index in [0.29, 0.717) is 22.7 Å². The number of anilines is 1. The third kappa shape index (κ3) is 3.88. The third-order valence-corrected chi connectivity index (χ3v) is 9.35. The van der Waals surface area contributed by atoms with Crippen LogP contribution in [0.1, 0.15) is 37.9 Å². The lowest BCUT2D eigenvalue weighted by Gasteiger charge is -2.50. The van der Waals surface area contributed by atoms with Crippen molar-refractivity contribution in [3.8, 4) is 11.5 Å². The molecule has 2 heterocycles. The van der Waals surface area contributed by atoms with Crippen LogP contribution in [0.25, 0.3) is 0 Å². The van der Waals surface area contributed by atoms with E-state index in [1.807, 2.05) is 19.1 Å². The molecule has 0 bridgehead atoms. The largest absolute Gasteiger partial charge is 0.497 e. The van der Waals surface area contributed by atoms with Gasteiger partial charge in [0.1, 0.15) is 17.5 Å². The summed E-state index contributed by atoms with van der Waals surface area (Å²) in [6.45, 7) is 1.89. The molecule has 0 unspecified atom stereocenters. The van der Waals surface area contributed by atoms with Crippen LogP contribution in [0.15, 0.2) is 40.9 Å². The van der Waals surface area contributed by atoms with Crippen LogP contribution in [0.4, 0.5) is 5.69 Å². The number of carbonyl (C=O) groups excluding carboxylic acids is 3. The van der Waals surface area contributed by atoms with Gasteiger partial charge in [-0.1, -0.05) is 62.3 Å². The molecule has 7 nitrogen and oxygen atoms in total. The Balaban J connectivity index is 1.69. The Morgan fingerprint density at radius 3 is 1.89 bits per heavy atom. The van der Waals surface area contributed by atoms with Crippen molar-refractivity contribution in [1.82, 2.24) is 4.90 Å². The number of benzene rings is 3. The van der Waals surface area contributed by atoms with E-state index in [9.17, 15) is 14.4 Å². The summed E-state index contributed by atoms with van der Waals surface area (Å²) in [5.74, 6) is -1.15. The minimum atomic E-state index is -1.24. The molecule has 3 amide bonds. The highest BCUT2D eigenvalue weighted by Crippen LogP contribution is 2.51. The molecular weight excluding hydrogens is 642 g/mol. The number of methoxy groups -OCH3 is 2. The number of nitrogens with zero attached hydrogens (tertiary/aromatic N) is 2. The van der Waals surface area contributed by atoms with E-state index in [1.165, 1.54) is 19.1 Å². The Kier molecular flexibility index (Phi) is 7.07. The van der Waals surface area contributed by atoms with Crippen LogP contribution in [0.3, 0.4) is 0 Å². The van der Waals surface area contributed by atoms with Gasteiger partial charge < -0.3 is 14.4 Å². The number of aryl methyl sites for hydroxylation is 1. The second-order valence-corrected chi connectivity index (χ2v) is 11.0. The maximum absolute atomic E-state index is 13.8. The maximum Gasteiger partial charge on any atom is 0.264 e. The Hall–Kier alpha value is -2.49. The minimum Gasteiger partial charge on any atom is -0.497 e. The molecule has 196 valence electrons. The first-order chi connectivity index (χ1) is 18.0. The van der Waals surface area contributed by atoms with Crippen LogP contribution in [0.2, 0.25) is 20.1 Å². The van der Waals surface area contributed by atoms with Gasteiger partial charge in [0.15, 0.2) is 0 Å². The number of hydrogen-bond acceptors (Lipinski definition) is 5. The normalized spacial score (nSPS) is 18.6. The molecular formula is C26H17BrCl4N2O5. The fraction of sp³-hybridized carbons (Fsp3) is 0.192. The molecule has 12 heteroatoms. The first-order valence-electron chi connectivity index (χ1n) is 11.1. The van der Waals surface area contributed by atoms with E-state index in [2.05, 4.69) is 15.9 Å². The van der Waals surface area contributed by atoms with Crippen LogP contribution in [0.5, 0.6) is 11.5 Å². The Morgan fingerprint density at radius 1 is 0.763 bits per heavy atom. The zero-order valence-corrected chi connectivity index (χ0v) is 24.6. The molecule has 38 heavy (non-hydrogen) atoms. The molecule has 0 spiro atoms. The van der Waals surface area contributed by atoms with Gasteiger partial charge in [-0.15, -0.1) is 0 Å². The van der Waals surface area contributed by atoms with Gasteiger partial charge in [-0.25, -0.2) is 0 Å². The van der Waals surface area contributed by atoms with Crippen LogP contribution in [-0.4, -0.2) is 42.9 Å². The van der Waals surface area contributed by atoms with Crippen molar-refractivity contribution >= 4 is 85.7 Å². The highest BCUT2D eigenvalue weighted by Gasteiger charge is 2.59. The second-order valence-electron chi connectivity index (χ2n) is 8.63.